The molecule has 0 saturated heterocycles. The molecule has 0 spiro atoms. The SMILES string of the molecule is COc1ccc(-c2n[nH]c3c2C(c2ccccc2Cl)N(CCc2ccccc2)C3=O)cc1. The van der Waals surface area contributed by atoms with E-state index in [9.17, 15) is 4.79 Å². The minimum atomic E-state index is -0.314. The second-order valence-corrected chi connectivity index (χ2v) is 8.15. The van der Waals surface area contributed by atoms with Crippen LogP contribution in [0.2, 0.25) is 5.02 Å². The molecule has 5 rings (SSSR count). The van der Waals surface area contributed by atoms with E-state index < -0.39 is 0 Å². The van der Waals surface area contributed by atoms with Crippen molar-refractivity contribution in [1.82, 2.24) is 15.1 Å². The number of H-pyrrole nitrogens is 1. The van der Waals surface area contributed by atoms with Gasteiger partial charge in [-0.25, -0.2) is 0 Å². The summed E-state index contributed by atoms with van der Waals surface area (Å²) in [4.78, 5) is 15.3. The number of methoxy groups -OCH3 is 1. The first-order valence-electron chi connectivity index (χ1n) is 10.5. The smallest absolute Gasteiger partial charge is 0.273 e. The second kappa shape index (κ2) is 8.52. The summed E-state index contributed by atoms with van der Waals surface area (Å²) in [6, 6.07) is 25.3. The summed E-state index contributed by atoms with van der Waals surface area (Å²) in [5.41, 5.74) is 5.13. The lowest BCUT2D eigenvalue weighted by atomic mass is 9.96. The van der Waals surface area contributed by atoms with Crippen molar-refractivity contribution < 1.29 is 9.53 Å². The molecule has 0 radical (unpaired) electrons. The van der Waals surface area contributed by atoms with Crippen LogP contribution in [-0.2, 0) is 6.42 Å². The lowest BCUT2D eigenvalue weighted by Gasteiger charge is -2.27. The molecule has 1 aliphatic heterocycles. The molecule has 1 N–H and O–H groups in total. The van der Waals surface area contributed by atoms with Gasteiger partial charge in [0.25, 0.3) is 5.91 Å². The Kier molecular flexibility index (Phi) is 5.41. The fraction of sp³-hybridized carbons (Fsp3) is 0.154. The fourth-order valence-corrected chi connectivity index (χ4v) is 4.55. The number of hydrogen-bond acceptors (Lipinski definition) is 3. The van der Waals surface area contributed by atoms with Crippen molar-refractivity contribution in [2.24, 2.45) is 0 Å². The average molecular weight is 444 g/mol. The molecule has 4 aromatic rings. The monoisotopic (exact) mass is 443 g/mol. The van der Waals surface area contributed by atoms with Crippen LogP contribution in [0.4, 0.5) is 0 Å². The Bertz CT molecular complexity index is 1250. The van der Waals surface area contributed by atoms with Crippen molar-refractivity contribution in [3.05, 3.63) is 106 Å². The third-order valence-corrected chi connectivity index (χ3v) is 6.26. The Morgan fingerprint density at radius 1 is 1.00 bits per heavy atom. The number of amides is 1. The van der Waals surface area contributed by atoms with E-state index in [4.69, 9.17) is 16.3 Å². The molecular formula is C26H22ClN3O2. The Hall–Kier alpha value is -3.57. The quantitative estimate of drug-likeness (QED) is 0.426. The number of nitrogens with zero attached hydrogens (tertiary/aromatic N) is 2. The minimum Gasteiger partial charge on any atom is -0.497 e. The Balaban J connectivity index is 1.58. The topological polar surface area (TPSA) is 58.2 Å². The molecule has 6 heteroatoms. The molecule has 0 bridgehead atoms. The van der Waals surface area contributed by atoms with Crippen LogP contribution >= 0.6 is 11.6 Å². The van der Waals surface area contributed by atoms with E-state index in [-0.39, 0.29) is 11.9 Å². The maximum absolute atomic E-state index is 13.4. The molecule has 0 aliphatic carbocycles. The molecular weight excluding hydrogens is 422 g/mol. The molecule has 0 saturated carbocycles. The van der Waals surface area contributed by atoms with Crippen molar-refractivity contribution in [2.75, 3.05) is 13.7 Å². The Morgan fingerprint density at radius 2 is 1.72 bits per heavy atom. The van der Waals surface area contributed by atoms with Gasteiger partial charge in [0.15, 0.2) is 0 Å². The van der Waals surface area contributed by atoms with Crippen LogP contribution in [0.5, 0.6) is 5.75 Å². The maximum atomic E-state index is 13.4. The number of fused-ring (bicyclic) bond motifs is 1. The van der Waals surface area contributed by atoms with E-state index in [1.54, 1.807) is 7.11 Å². The molecule has 1 amide bonds. The summed E-state index contributed by atoms with van der Waals surface area (Å²) in [6.07, 6.45) is 0.753. The van der Waals surface area contributed by atoms with Gasteiger partial charge < -0.3 is 9.64 Å². The maximum Gasteiger partial charge on any atom is 0.273 e. The average Bonchev–Trinajstić information content (AvgIpc) is 3.38. The van der Waals surface area contributed by atoms with E-state index in [0.717, 1.165) is 34.6 Å². The first-order valence-corrected chi connectivity index (χ1v) is 10.9. The summed E-state index contributed by atoms with van der Waals surface area (Å²) in [5.74, 6) is 0.706. The van der Waals surface area contributed by atoms with Gasteiger partial charge in [-0.15, -0.1) is 0 Å². The van der Waals surface area contributed by atoms with Gasteiger partial charge in [-0.3, -0.25) is 9.89 Å². The first kappa shape index (κ1) is 20.3. The highest BCUT2D eigenvalue weighted by atomic mass is 35.5. The number of benzene rings is 3. The van der Waals surface area contributed by atoms with E-state index in [1.165, 1.54) is 5.56 Å². The highest BCUT2D eigenvalue weighted by Gasteiger charge is 2.42. The van der Waals surface area contributed by atoms with Crippen LogP contribution in [0.15, 0.2) is 78.9 Å². The zero-order valence-corrected chi connectivity index (χ0v) is 18.3. The highest BCUT2D eigenvalue weighted by molar-refractivity contribution is 6.31. The largest absolute Gasteiger partial charge is 0.497 e. The third kappa shape index (κ3) is 3.55. The molecule has 1 aromatic heterocycles. The zero-order valence-electron chi connectivity index (χ0n) is 17.6. The minimum absolute atomic E-state index is 0.0619. The molecule has 3 aromatic carbocycles. The van der Waals surface area contributed by atoms with Crippen molar-refractivity contribution in [2.45, 2.75) is 12.5 Å². The van der Waals surface area contributed by atoms with Gasteiger partial charge in [0.05, 0.1) is 18.8 Å². The standard InChI is InChI=1S/C26H22ClN3O2/c1-32-19-13-11-18(12-14-19)23-22-24(29-28-23)26(31)30(16-15-17-7-3-2-4-8-17)25(22)20-9-5-6-10-21(20)27/h2-14,25H,15-16H2,1H3,(H,28,29). The second-order valence-electron chi connectivity index (χ2n) is 7.75. The molecule has 1 unspecified atom stereocenters. The number of hydrogen-bond donors (Lipinski definition) is 1. The Labute approximate surface area is 191 Å². The van der Waals surface area contributed by atoms with Crippen LogP contribution in [0.25, 0.3) is 11.3 Å². The number of halogens is 1. The van der Waals surface area contributed by atoms with E-state index in [1.807, 2.05) is 71.6 Å². The highest BCUT2D eigenvalue weighted by Crippen LogP contribution is 2.44. The predicted molar refractivity (Wildman–Crippen MR) is 125 cm³/mol. The summed E-state index contributed by atoms with van der Waals surface area (Å²) >= 11 is 6.62. The summed E-state index contributed by atoms with van der Waals surface area (Å²) < 4.78 is 5.29. The summed E-state index contributed by atoms with van der Waals surface area (Å²) in [5, 5.41) is 8.14. The lowest BCUT2D eigenvalue weighted by molar-refractivity contribution is 0.0746. The summed E-state index contributed by atoms with van der Waals surface area (Å²) in [6.45, 7) is 0.573. The van der Waals surface area contributed by atoms with Gasteiger partial charge in [-0.2, -0.15) is 5.10 Å². The third-order valence-electron chi connectivity index (χ3n) is 5.91. The van der Waals surface area contributed by atoms with Gasteiger partial charge in [0.1, 0.15) is 11.4 Å². The molecule has 5 nitrogen and oxygen atoms in total. The molecule has 1 atom stereocenters. The zero-order chi connectivity index (χ0) is 22.1. The van der Waals surface area contributed by atoms with Crippen LogP contribution < -0.4 is 4.74 Å². The van der Waals surface area contributed by atoms with Gasteiger partial charge in [-0.05, 0) is 47.9 Å². The van der Waals surface area contributed by atoms with Gasteiger partial charge in [-0.1, -0.05) is 60.1 Å². The van der Waals surface area contributed by atoms with Crippen LogP contribution in [0, 0.1) is 0 Å². The summed E-state index contributed by atoms with van der Waals surface area (Å²) in [7, 11) is 1.64. The molecule has 1 aliphatic rings. The first-order chi connectivity index (χ1) is 15.7. The molecule has 2 heterocycles. The molecule has 0 fully saturated rings. The number of carbonyl (C=O) groups is 1. The van der Waals surface area contributed by atoms with Crippen LogP contribution in [-0.4, -0.2) is 34.7 Å². The van der Waals surface area contributed by atoms with E-state index in [0.29, 0.717) is 17.3 Å². The number of aromatic nitrogens is 2. The van der Waals surface area contributed by atoms with E-state index in [2.05, 4.69) is 22.3 Å². The van der Waals surface area contributed by atoms with Gasteiger partial charge in [0.2, 0.25) is 0 Å². The van der Waals surface area contributed by atoms with Crippen molar-refractivity contribution >= 4 is 17.5 Å². The predicted octanol–water partition coefficient (Wildman–Crippen LogP) is 5.53. The number of nitrogens with one attached hydrogen (secondary N) is 1. The number of ether oxygens (including phenoxy) is 1. The number of carbonyl (C=O) groups excluding carboxylic acids is 1. The Morgan fingerprint density at radius 3 is 2.44 bits per heavy atom. The van der Waals surface area contributed by atoms with Crippen molar-refractivity contribution in [3.63, 3.8) is 0 Å². The number of rotatable bonds is 6. The molecule has 160 valence electrons. The van der Waals surface area contributed by atoms with Gasteiger partial charge in [0, 0.05) is 22.7 Å². The van der Waals surface area contributed by atoms with E-state index >= 15 is 0 Å². The fourth-order valence-electron chi connectivity index (χ4n) is 4.31. The van der Waals surface area contributed by atoms with Crippen LogP contribution in [0.3, 0.4) is 0 Å². The van der Waals surface area contributed by atoms with Crippen molar-refractivity contribution in [3.8, 4) is 17.0 Å². The van der Waals surface area contributed by atoms with Crippen LogP contribution in [0.1, 0.15) is 33.2 Å². The van der Waals surface area contributed by atoms with Gasteiger partial charge >= 0.3 is 0 Å². The molecule has 32 heavy (non-hydrogen) atoms. The lowest BCUT2D eigenvalue weighted by Crippen LogP contribution is -2.31. The normalized spacial score (nSPS) is 15.1. The van der Waals surface area contributed by atoms with Crippen molar-refractivity contribution in [1.29, 1.82) is 0 Å². The number of aromatic amines is 1.